The highest BCUT2D eigenvalue weighted by atomic mass is 35.5. The van der Waals surface area contributed by atoms with Gasteiger partial charge in [0.25, 0.3) is 0 Å². The number of likely N-dealkylation sites (tertiary alicyclic amines) is 1. The van der Waals surface area contributed by atoms with Crippen LogP contribution in [0.2, 0.25) is 5.02 Å². The second-order valence-corrected chi connectivity index (χ2v) is 8.13. The highest BCUT2D eigenvalue weighted by Crippen LogP contribution is 2.31. The largest absolute Gasteiger partial charge is 0.496 e. The maximum Gasteiger partial charge on any atom is 0.141 e. The molecule has 1 atom stereocenters. The Morgan fingerprint density at radius 1 is 1.18 bits per heavy atom. The van der Waals surface area contributed by atoms with Crippen molar-refractivity contribution in [3.8, 4) is 5.75 Å². The van der Waals surface area contributed by atoms with Crippen molar-refractivity contribution in [3.63, 3.8) is 0 Å². The summed E-state index contributed by atoms with van der Waals surface area (Å²) in [7, 11) is 1.72. The maximum absolute atomic E-state index is 13.3. The Bertz CT molecular complexity index is 818. The predicted molar refractivity (Wildman–Crippen MR) is 114 cm³/mol. The number of nitrogens with zero attached hydrogens (tertiary/aromatic N) is 1. The first kappa shape index (κ1) is 21.1. The highest BCUT2D eigenvalue weighted by molar-refractivity contribution is 6.30. The van der Waals surface area contributed by atoms with Gasteiger partial charge in [0.1, 0.15) is 11.6 Å². The van der Waals surface area contributed by atoms with Gasteiger partial charge in [-0.3, -0.25) is 4.90 Å². The standard InChI is InChI=1S/C23H30ClFN2O/c1-15-16(2)23(28-4)8-6-20(15)17(3)27-11-9-19(10-12-27)26-14-18-5-7-22(25)21(24)13-18/h5-8,13,17,19,26H,9-12,14H2,1-4H3. The first-order valence-corrected chi connectivity index (χ1v) is 10.3. The summed E-state index contributed by atoms with van der Waals surface area (Å²) in [5.74, 6) is 0.592. The number of ether oxygens (including phenoxy) is 1. The molecular weight excluding hydrogens is 375 g/mol. The van der Waals surface area contributed by atoms with E-state index >= 15 is 0 Å². The molecule has 1 aliphatic rings. The van der Waals surface area contributed by atoms with Crippen molar-refractivity contribution in [2.75, 3.05) is 20.2 Å². The van der Waals surface area contributed by atoms with Crippen LogP contribution in [-0.2, 0) is 6.54 Å². The lowest BCUT2D eigenvalue weighted by atomic mass is 9.94. The summed E-state index contributed by atoms with van der Waals surface area (Å²) in [6, 6.07) is 10.1. The minimum atomic E-state index is -0.364. The van der Waals surface area contributed by atoms with Gasteiger partial charge in [-0.25, -0.2) is 4.39 Å². The van der Waals surface area contributed by atoms with Crippen LogP contribution in [0.3, 0.4) is 0 Å². The van der Waals surface area contributed by atoms with E-state index in [2.05, 4.69) is 43.1 Å². The van der Waals surface area contributed by atoms with Crippen LogP contribution in [0, 0.1) is 19.7 Å². The third kappa shape index (κ3) is 4.68. The van der Waals surface area contributed by atoms with Crippen molar-refractivity contribution in [1.82, 2.24) is 10.2 Å². The molecule has 0 aliphatic carbocycles. The molecule has 28 heavy (non-hydrogen) atoms. The topological polar surface area (TPSA) is 24.5 Å². The summed E-state index contributed by atoms with van der Waals surface area (Å²) in [5, 5.41) is 3.78. The van der Waals surface area contributed by atoms with Crippen molar-refractivity contribution >= 4 is 11.6 Å². The van der Waals surface area contributed by atoms with Crippen LogP contribution in [0.4, 0.5) is 4.39 Å². The first-order valence-electron chi connectivity index (χ1n) is 9.96. The van der Waals surface area contributed by atoms with Gasteiger partial charge in [0, 0.05) is 31.7 Å². The minimum Gasteiger partial charge on any atom is -0.496 e. The molecule has 0 saturated carbocycles. The predicted octanol–water partition coefficient (Wildman–Crippen LogP) is 5.42. The molecule has 5 heteroatoms. The zero-order valence-corrected chi connectivity index (χ0v) is 17.9. The van der Waals surface area contributed by atoms with E-state index in [1.165, 1.54) is 22.8 Å². The molecule has 1 aliphatic heterocycles. The highest BCUT2D eigenvalue weighted by Gasteiger charge is 2.24. The Labute approximate surface area is 172 Å². The maximum atomic E-state index is 13.3. The fourth-order valence-electron chi connectivity index (χ4n) is 4.09. The van der Waals surface area contributed by atoms with Crippen molar-refractivity contribution in [2.24, 2.45) is 0 Å². The molecule has 0 bridgehead atoms. The third-order valence-corrected chi connectivity index (χ3v) is 6.40. The Morgan fingerprint density at radius 3 is 2.54 bits per heavy atom. The quantitative estimate of drug-likeness (QED) is 0.695. The normalized spacial score (nSPS) is 16.9. The molecule has 2 aromatic carbocycles. The molecule has 1 N–H and O–H groups in total. The molecule has 0 spiro atoms. The molecule has 152 valence electrons. The molecule has 1 unspecified atom stereocenters. The van der Waals surface area contributed by atoms with E-state index in [1.54, 1.807) is 19.2 Å². The van der Waals surface area contributed by atoms with Crippen molar-refractivity contribution in [3.05, 3.63) is 63.4 Å². The number of hydrogen-bond acceptors (Lipinski definition) is 3. The van der Waals surface area contributed by atoms with E-state index < -0.39 is 0 Å². The van der Waals surface area contributed by atoms with E-state index in [1.807, 2.05) is 0 Å². The van der Waals surface area contributed by atoms with Gasteiger partial charge in [-0.15, -0.1) is 0 Å². The minimum absolute atomic E-state index is 0.188. The molecule has 0 amide bonds. The third-order valence-electron chi connectivity index (χ3n) is 6.11. The van der Waals surface area contributed by atoms with Crippen molar-refractivity contribution < 1.29 is 9.13 Å². The van der Waals surface area contributed by atoms with Crippen LogP contribution in [0.15, 0.2) is 30.3 Å². The van der Waals surface area contributed by atoms with Gasteiger partial charge in [-0.05, 0) is 74.1 Å². The van der Waals surface area contributed by atoms with Crippen LogP contribution < -0.4 is 10.1 Å². The van der Waals surface area contributed by atoms with Gasteiger partial charge in [-0.1, -0.05) is 23.7 Å². The summed E-state index contributed by atoms with van der Waals surface area (Å²) < 4.78 is 18.7. The number of methoxy groups -OCH3 is 1. The molecule has 1 heterocycles. The molecule has 0 radical (unpaired) electrons. The van der Waals surface area contributed by atoms with Gasteiger partial charge in [-0.2, -0.15) is 0 Å². The van der Waals surface area contributed by atoms with Gasteiger partial charge >= 0.3 is 0 Å². The Hall–Kier alpha value is -1.62. The molecule has 0 aromatic heterocycles. The van der Waals surface area contributed by atoms with Gasteiger partial charge in [0.05, 0.1) is 12.1 Å². The van der Waals surface area contributed by atoms with Crippen LogP contribution in [0.5, 0.6) is 5.75 Å². The van der Waals surface area contributed by atoms with Gasteiger partial charge in [0.2, 0.25) is 0 Å². The average molecular weight is 405 g/mol. The summed E-state index contributed by atoms with van der Waals surface area (Å²) in [6.45, 7) is 9.45. The second kappa shape index (κ2) is 9.25. The van der Waals surface area contributed by atoms with Crippen LogP contribution in [-0.4, -0.2) is 31.1 Å². The number of piperidine rings is 1. The van der Waals surface area contributed by atoms with Crippen LogP contribution >= 0.6 is 11.6 Å². The van der Waals surface area contributed by atoms with E-state index in [4.69, 9.17) is 16.3 Å². The zero-order valence-electron chi connectivity index (χ0n) is 17.2. The summed E-state index contributed by atoms with van der Waals surface area (Å²) in [5.41, 5.74) is 4.94. The monoisotopic (exact) mass is 404 g/mol. The summed E-state index contributed by atoms with van der Waals surface area (Å²) in [4.78, 5) is 2.56. The number of halogens is 2. The van der Waals surface area contributed by atoms with E-state index in [-0.39, 0.29) is 10.8 Å². The van der Waals surface area contributed by atoms with Crippen LogP contribution in [0.25, 0.3) is 0 Å². The number of benzene rings is 2. The van der Waals surface area contributed by atoms with Crippen LogP contribution in [0.1, 0.15) is 48.1 Å². The fraction of sp³-hybridized carbons (Fsp3) is 0.478. The van der Waals surface area contributed by atoms with E-state index in [0.717, 1.165) is 43.8 Å². The molecule has 1 saturated heterocycles. The molecular formula is C23H30ClFN2O. The van der Waals surface area contributed by atoms with E-state index in [0.29, 0.717) is 12.1 Å². The first-order chi connectivity index (χ1) is 13.4. The van der Waals surface area contributed by atoms with Gasteiger partial charge in [0.15, 0.2) is 0 Å². The lowest BCUT2D eigenvalue weighted by Gasteiger charge is -2.37. The van der Waals surface area contributed by atoms with Gasteiger partial charge < -0.3 is 10.1 Å². The Morgan fingerprint density at radius 2 is 1.89 bits per heavy atom. The lowest BCUT2D eigenvalue weighted by molar-refractivity contribution is 0.151. The second-order valence-electron chi connectivity index (χ2n) is 7.72. The fourth-order valence-corrected chi connectivity index (χ4v) is 4.29. The average Bonchev–Trinajstić information content (AvgIpc) is 2.71. The molecule has 2 aromatic rings. The van der Waals surface area contributed by atoms with Crippen molar-refractivity contribution in [2.45, 2.75) is 52.2 Å². The zero-order chi connectivity index (χ0) is 20.3. The number of nitrogens with one attached hydrogen (secondary N) is 1. The SMILES string of the molecule is COc1ccc(C(C)N2CCC(NCc3ccc(F)c(Cl)c3)CC2)c(C)c1C. The number of hydrogen-bond donors (Lipinski definition) is 1. The molecule has 1 fully saturated rings. The van der Waals surface area contributed by atoms with Crippen molar-refractivity contribution in [1.29, 1.82) is 0 Å². The van der Waals surface area contributed by atoms with E-state index in [9.17, 15) is 4.39 Å². The summed E-state index contributed by atoms with van der Waals surface area (Å²) in [6.07, 6.45) is 2.21. The Kier molecular flexibility index (Phi) is 6.97. The Balaban J connectivity index is 1.55. The summed E-state index contributed by atoms with van der Waals surface area (Å²) >= 11 is 5.87. The molecule has 3 rings (SSSR count). The number of rotatable bonds is 6. The molecule has 3 nitrogen and oxygen atoms in total. The lowest BCUT2D eigenvalue weighted by Crippen LogP contribution is -2.43. The smallest absolute Gasteiger partial charge is 0.141 e.